The predicted molar refractivity (Wildman–Crippen MR) is 120 cm³/mol. The van der Waals surface area contributed by atoms with Gasteiger partial charge < -0.3 is 9.74 Å². The van der Waals surface area contributed by atoms with Crippen LogP contribution in [0.1, 0.15) is 37.5 Å². The summed E-state index contributed by atoms with van der Waals surface area (Å²) in [5.41, 5.74) is 2.50. The van der Waals surface area contributed by atoms with Gasteiger partial charge in [0.05, 0.1) is 16.4 Å². The summed E-state index contributed by atoms with van der Waals surface area (Å²) in [6.45, 7) is 12.5. The van der Waals surface area contributed by atoms with Crippen molar-refractivity contribution >= 4 is 37.2 Å². The maximum Gasteiger partial charge on any atom is 0.250 e. The number of aryl methyl sites for hydroxylation is 1. The highest BCUT2D eigenvalue weighted by molar-refractivity contribution is 6.74. The maximum absolute atomic E-state index is 14.9. The number of hydrogen-bond donors (Lipinski definition) is 1. The summed E-state index contributed by atoms with van der Waals surface area (Å²) < 4.78 is 21.3. The molecule has 0 saturated heterocycles. The fourth-order valence-corrected chi connectivity index (χ4v) is 4.13. The molecule has 0 fully saturated rings. The van der Waals surface area contributed by atoms with E-state index in [1.165, 1.54) is 6.07 Å². The van der Waals surface area contributed by atoms with E-state index in [2.05, 4.69) is 44.2 Å². The maximum atomic E-state index is 14.9. The Morgan fingerprint density at radius 1 is 1.21 bits per heavy atom. The molecule has 1 aliphatic heterocycles. The molecule has 4 nitrogen and oxygen atoms in total. The number of nitrogens with one attached hydrogen (secondary N) is 1. The van der Waals surface area contributed by atoms with Crippen molar-refractivity contribution in [2.75, 3.05) is 11.9 Å². The normalized spacial score (nSPS) is 14.6. The summed E-state index contributed by atoms with van der Waals surface area (Å²) in [6.07, 6.45) is 0. The van der Waals surface area contributed by atoms with E-state index in [1.54, 1.807) is 18.2 Å². The highest BCUT2D eigenvalue weighted by Gasteiger charge is 2.39. The van der Waals surface area contributed by atoms with Gasteiger partial charge in [-0.3, -0.25) is 9.79 Å². The molecule has 29 heavy (non-hydrogen) atoms. The lowest BCUT2D eigenvalue weighted by Gasteiger charge is -2.36. The Balaban J connectivity index is 2.14. The quantitative estimate of drug-likeness (QED) is 0.608. The Kier molecular flexibility index (Phi) is 5.62. The standard InChI is InChI=1S/C22H26ClFN2O2Si/c1-13-7-10-17-19(20(13)23)21(25-12-18(27)26-17)15-11-14(8-9-16(15)24)28-29(5,6)22(2,3)4/h7-11H,12H2,1-6H3,(H,26,27). The van der Waals surface area contributed by atoms with Crippen LogP contribution in [0.3, 0.4) is 0 Å². The van der Waals surface area contributed by atoms with E-state index in [1.807, 2.05) is 13.0 Å². The van der Waals surface area contributed by atoms with Crippen molar-refractivity contribution in [1.29, 1.82) is 0 Å². The molecule has 1 N–H and O–H groups in total. The number of hydrogen-bond acceptors (Lipinski definition) is 3. The fraction of sp³-hybridized carbons (Fsp3) is 0.364. The molecule has 0 bridgehead atoms. The molecule has 1 heterocycles. The van der Waals surface area contributed by atoms with Gasteiger partial charge in [0.15, 0.2) is 0 Å². The lowest BCUT2D eigenvalue weighted by Crippen LogP contribution is -2.43. The number of aliphatic imine (C=N–C) groups is 1. The second-order valence-electron chi connectivity index (χ2n) is 8.84. The van der Waals surface area contributed by atoms with E-state index >= 15 is 0 Å². The molecular formula is C22H26ClFN2O2Si. The zero-order valence-electron chi connectivity index (χ0n) is 17.6. The topological polar surface area (TPSA) is 50.7 Å². The van der Waals surface area contributed by atoms with Crippen LogP contribution in [0.15, 0.2) is 35.3 Å². The van der Waals surface area contributed by atoms with Crippen LogP contribution in [0, 0.1) is 12.7 Å². The van der Waals surface area contributed by atoms with Crippen LogP contribution in [-0.2, 0) is 4.79 Å². The van der Waals surface area contributed by atoms with Gasteiger partial charge in [0, 0.05) is 11.1 Å². The van der Waals surface area contributed by atoms with Gasteiger partial charge in [-0.25, -0.2) is 4.39 Å². The van der Waals surface area contributed by atoms with Crippen LogP contribution in [0.5, 0.6) is 5.75 Å². The Morgan fingerprint density at radius 2 is 1.90 bits per heavy atom. The van der Waals surface area contributed by atoms with Crippen molar-refractivity contribution in [3.63, 3.8) is 0 Å². The molecule has 0 aliphatic carbocycles. The summed E-state index contributed by atoms with van der Waals surface area (Å²) in [6, 6.07) is 8.26. The van der Waals surface area contributed by atoms with Crippen molar-refractivity contribution < 1.29 is 13.6 Å². The van der Waals surface area contributed by atoms with Crippen molar-refractivity contribution in [2.24, 2.45) is 4.99 Å². The number of anilines is 1. The van der Waals surface area contributed by atoms with Gasteiger partial charge in [0.2, 0.25) is 14.2 Å². The van der Waals surface area contributed by atoms with Crippen LogP contribution in [0.25, 0.3) is 0 Å². The van der Waals surface area contributed by atoms with Crippen molar-refractivity contribution in [3.8, 4) is 5.75 Å². The summed E-state index contributed by atoms with van der Waals surface area (Å²) in [5.74, 6) is -0.121. The molecule has 154 valence electrons. The van der Waals surface area contributed by atoms with Gasteiger partial charge in [0.1, 0.15) is 18.1 Å². The molecule has 0 saturated carbocycles. The van der Waals surface area contributed by atoms with E-state index in [9.17, 15) is 9.18 Å². The number of benzene rings is 2. The van der Waals surface area contributed by atoms with E-state index in [0.29, 0.717) is 27.7 Å². The van der Waals surface area contributed by atoms with Crippen LogP contribution in [0.4, 0.5) is 10.1 Å². The highest BCUT2D eigenvalue weighted by atomic mass is 35.5. The van der Waals surface area contributed by atoms with E-state index < -0.39 is 14.1 Å². The number of halogens is 2. The third-order valence-electron chi connectivity index (χ3n) is 5.60. The van der Waals surface area contributed by atoms with Crippen molar-refractivity contribution in [1.82, 2.24) is 0 Å². The number of nitrogens with zero attached hydrogens (tertiary/aromatic N) is 1. The Labute approximate surface area is 177 Å². The second kappa shape index (κ2) is 7.57. The number of carbonyl (C=O) groups is 1. The number of rotatable bonds is 3. The lowest BCUT2D eigenvalue weighted by atomic mass is 9.98. The summed E-state index contributed by atoms with van der Waals surface area (Å²) >= 11 is 6.56. The molecule has 2 aromatic rings. The molecule has 0 spiro atoms. The SMILES string of the molecule is Cc1ccc2c(c1Cl)C(c1cc(O[Si](C)(C)C(C)(C)C)ccc1F)=NCC(=O)N2. The first-order valence-electron chi connectivity index (χ1n) is 9.53. The number of benzodiazepines with no additional fused rings is 1. The highest BCUT2D eigenvalue weighted by Crippen LogP contribution is 2.38. The fourth-order valence-electron chi connectivity index (χ4n) is 2.85. The molecule has 7 heteroatoms. The van der Waals surface area contributed by atoms with E-state index in [4.69, 9.17) is 16.0 Å². The first-order chi connectivity index (χ1) is 13.4. The number of amides is 1. The first-order valence-corrected chi connectivity index (χ1v) is 12.8. The van der Waals surface area contributed by atoms with Crippen LogP contribution >= 0.6 is 11.6 Å². The van der Waals surface area contributed by atoms with Gasteiger partial charge in [-0.15, -0.1) is 0 Å². The molecule has 0 aromatic heterocycles. The molecule has 3 rings (SSSR count). The lowest BCUT2D eigenvalue weighted by molar-refractivity contribution is -0.114. The number of fused-ring (bicyclic) bond motifs is 1. The van der Waals surface area contributed by atoms with Crippen LogP contribution in [0.2, 0.25) is 23.2 Å². The van der Waals surface area contributed by atoms with Gasteiger partial charge in [-0.2, -0.15) is 0 Å². The predicted octanol–water partition coefficient (Wildman–Crippen LogP) is 5.96. The summed E-state index contributed by atoms with van der Waals surface area (Å²) in [7, 11) is -2.10. The minimum Gasteiger partial charge on any atom is -0.543 e. The molecule has 0 unspecified atom stereocenters. The van der Waals surface area contributed by atoms with Gasteiger partial charge in [-0.1, -0.05) is 38.4 Å². The minimum absolute atomic E-state index is 0.00471. The summed E-state index contributed by atoms with van der Waals surface area (Å²) in [4.78, 5) is 16.5. The Bertz CT molecular complexity index is 1010. The molecule has 1 aliphatic rings. The minimum atomic E-state index is -2.10. The van der Waals surface area contributed by atoms with Crippen LogP contribution in [-0.4, -0.2) is 26.5 Å². The average molecular weight is 433 g/mol. The van der Waals surface area contributed by atoms with E-state index in [0.717, 1.165) is 5.56 Å². The second-order valence-corrected chi connectivity index (χ2v) is 13.9. The van der Waals surface area contributed by atoms with Crippen molar-refractivity contribution in [2.45, 2.75) is 45.8 Å². The molecule has 0 radical (unpaired) electrons. The molecule has 2 aromatic carbocycles. The van der Waals surface area contributed by atoms with Gasteiger partial charge in [-0.05, 0) is 54.9 Å². The average Bonchev–Trinajstić information content (AvgIpc) is 2.77. The zero-order chi connectivity index (χ0) is 21.6. The Morgan fingerprint density at radius 3 is 2.55 bits per heavy atom. The molecular weight excluding hydrogens is 407 g/mol. The first kappa shape index (κ1) is 21.5. The van der Waals surface area contributed by atoms with Crippen LogP contribution < -0.4 is 9.74 Å². The Hall–Kier alpha value is -2.18. The third-order valence-corrected chi connectivity index (χ3v) is 10.4. The van der Waals surface area contributed by atoms with Crippen molar-refractivity contribution in [3.05, 3.63) is 57.9 Å². The van der Waals surface area contributed by atoms with Gasteiger partial charge in [0.25, 0.3) is 0 Å². The molecule has 1 amide bonds. The monoisotopic (exact) mass is 432 g/mol. The molecule has 0 atom stereocenters. The summed E-state index contributed by atoms with van der Waals surface area (Å²) in [5, 5.41) is 3.25. The third kappa shape index (κ3) is 4.23. The largest absolute Gasteiger partial charge is 0.543 e. The number of carbonyl (C=O) groups excluding carboxylic acids is 1. The van der Waals surface area contributed by atoms with E-state index in [-0.39, 0.29) is 23.1 Å². The van der Waals surface area contributed by atoms with Gasteiger partial charge >= 0.3 is 0 Å². The smallest absolute Gasteiger partial charge is 0.250 e. The zero-order valence-corrected chi connectivity index (χ0v) is 19.4.